The van der Waals surface area contributed by atoms with E-state index in [1.807, 2.05) is 27.7 Å². The summed E-state index contributed by atoms with van der Waals surface area (Å²) in [6.45, 7) is 3.41. The molecule has 0 spiro atoms. The molecule has 0 saturated carbocycles. The molecule has 0 bridgehead atoms. The van der Waals surface area contributed by atoms with E-state index in [4.69, 9.17) is 16.7 Å². The second-order valence-corrected chi connectivity index (χ2v) is 11.0. The second-order valence-electron chi connectivity index (χ2n) is 9.24. The molecule has 5 rings (SSSR count). The van der Waals surface area contributed by atoms with Crippen molar-refractivity contribution in [3.05, 3.63) is 56.6 Å². The molecule has 0 unspecified atom stereocenters. The summed E-state index contributed by atoms with van der Waals surface area (Å²) in [4.78, 5) is 29.2. The van der Waals surface area contributed by atoms with Crippen LogP contribution in [0.2, 0.25) is 4.34 Å². The predicted octanol–water partition coefficient (Wildman–Crippen LogP) is 5.04. The fourth-order valence-electron chi connectivity index (χ4n) is 5.32. The third kappa shape index (κ3) is 5.50. The fraction of sp³-hybridized carbons (Fsp3) is 0.440. The Morgan fingerprint density at radius 3 is 2.60 bits per heavy atom. The number of halogens is 3. The highest BCUT2D eigenvalue weighted by Gasteiger charge is 2.30. The van der Waals surface area contributed by atoms with Gasteiger partial charge in [-0.3, -0.25) is 14.5 Å². The first-order valence-corrected chi connectivity index (χ1v) is 12.8. The van der Waals surface area contributed by atoms with E-state index in [0.29, 0.717) is 42.5 Å². The Labute approximate surface area is 218 Å². The van der Waals surface area contributed by atoms with Crippen LogP contribution < -0.4 is 0 Å². The number of carboxylic acid groups (broad SMARTS) is 1. The number of hydrogen-bond acceptors (Lipinski definition) is 4. The molecule has 4 heterocycles. The number of benzene rings is 1. The number of amides is 1. The molecule has 1 N–H and O–H groups in total. The molecule has 0 atom stereocenters. The molecule has 2 aliphatic heterocycles. The third-order valence-electron chi connectivity index (χ3n) is 7.05. The SMILES string of the molecule is Cl.O=C(O)CC1CCN(CC(=O)N2CCc3c(n(Cc4ccc(Cl)s4)c4c(F)cccc34)C2)CC1. The summed E-state index contributed by atoms with van der Waals surface area (Å²) in [6, 6.07) is 9.02. The van der Waals surface area contributed by atoms with Gasteiger partial charge in [-0.1, -0.05) is 23.7 Å². The topological polar surface area (TPSA) is 65.8 Å². The molecule has 1 saturated heterocycles. The number of carbonyl (C=O) groups excluding carboxylic acids is 1. The zero-order valence-corrected chi connectivity index (χ0v) is 21.6. The number of aliphatic carboxylic acids is 1. The van der Waals surface area contributed by atoms with Crippen LogP contribution in [0.1, 0.15) is 35.4 Å². The van der Waals surface area contributed by atoms with Crippen LogP contribution in [0.4, 0.5) is 4.39 Å². The largest absolute Gasteiger partial charge is 0.481 e. The monoisotopic (exact) mass is 539 g/mol. The van der Waals surface area contributed by atoms with Gasteiger partial charge in [-0.15, -0.1) is 23.7 Å². The van der Waals surface area contributed by atoms with Crippen LogP contribution in [0.15, 0.2) is 30.3 Å². The van der Waals surface area contributed by atoms with Crippen molar-refractivity contribution in [3.63, 3.8) is 0 Å². The van der Waals surface area contributed by atoms with Crippen LogP contribution in [0, 0.1) is 11.7 Å². The van der Waals surface area contributed by atoms with Gasteiger partial charge in [0.2, 0.25) is 5.91 Å². The highest BCUT2D eigenvalue weighted by molar-refractivity contribution is 7.16. The second kappa shape index (κ2) is 10.9. The molecule has 0 aliphatic carbocycles. The van der Waals surface area contributed by atoms with Gasteiger partial charge in [0.1, 0.15) is 5.82 Å². The molecule has 35 heavy (non-hydrogen) atoms. The zero-order chi connectivity index (χ0) is 23.8. The quantitative estimate of drug-likeness (QED) is 0.476. The Bertz CT molecular complexity index is 1240. The Balaban J connectivity index is 0.00000289. The van der Waals surface area contributed by atoms with Gasteiger partial charge in [0, 0.05) is 28.9 Å². The molecule has 188 valence electrons. The number of carbonyl (C=O) groups is 2. The van der Waals surface area contributed by atoms with Crippen LogP contribution in [0.5, 0.6) is 0 Å². The molecule has 6 nitrogen and oxygen atoms in total. The highest BCUT2D eigenvalue weighted by Crippen LogP contribution is 2.34. The summed E-state index contributed by atoms with van der Waals surface area (Å²) in [6.07, 6.45) is 2.51. The summed E-state index contributed by atoms with van der Waals surface area (Å²) in [5.74, 6) is -0.747. The number of likely N-dealkylation sites (tertiary alicyclic amines) is 1. The summed E-state index contributed by atoms with van der Waals surface area (Å²) in [5.41, 5.74) is 2.70. The number of thiophene rings is 1. The Morgan fingerprint density at radius 2 is 1.91 bits per heavy atom. The van der Waals surface area contributed by atoms with E-state index in [1.165, 1.54) is 17.4 Å². The molecule has 1 aromatic carbocycles. The minimum Gasteiger partial charge on any atom is -0.481 e. The van der Waals surface area contributed by atoms with Gasteiger partial charge in [-0.25, -0.2) is 4.39 Å². The zero-order valence-electron chi connectivity index (χ0n) is 19.2. The van der Waals surface area contributed by atoms with Crippen LogP contribution in [-0.2, 0) is 29.1 Å². The van der Waals surface area contributed by atoms with Crippen LogP contribution in [0.3, 0.4) is 0 Å². The molecule has 2 aromatic heterocycles. The maximum atomic E-state index is 14.9. The van der Waals surface area contributed by atoms with Crippen molar-refractivity contribution in [1.82, 2.24) is 14.4 Å². The van der Waals surface area contributed by atoms with Gasteiger partial charge in [0.25, 0.3) is 0 Å². The van der Waals surface area contributed by atoms with E-state index in [1.54, 1.807) is 6.07 Å². The molecule has 1 fully saturated rings. The van der Waals surface area contributed by atoms with Crippen molar-refractivity contribution in [2.24, 2.45) is 5.92 Å². The van der Waals surface area contributed by atoms with Gasteiger partial charge in [0.05, 0.1) is 29.5 Å². The Hall–Kier alpha value is -2.13. The van der Waals surface area contributed by atoms with Crippen molar-refractivity contribution in [1.29, 1.82) is 0 Å². The lowest BCUT2D eigenvalue weighted by Gasteiger charge is -2.34. The number of rotatable bonds is 6. The van der Waals surface area contributed by atoms with Gasteiger partial charge < -0.3 is 14.6 Å². The molecule has 2 aliphatic rings. The minimum atomic E-state index is -0.754. The van der Waals surface area contributed by atoms with E-state index in [9.17, 15) is 14.0 Å². The first-order chi connectivity index (χ1) is 16.4. The van der Waals surface area contributed by atoms with Crippen molar-refractivity contribution < 1.29 is 19.1 Å². The number of fused-ring (bicyclic) bond motifs is 3. The highest BCUT2D eigenvalue weighted by atomic mass is 35.5. The first-order valence-electron chi connectivity index (χ1n) is 11.6. The summed E-state index contributed by atoms with van der Waals surface area (Å²) >= 11 is 7.62. The molecule has 0 radical (unpaired) electrons. The van der Waals surface area contributed by atoms with Gasteiger partial charge in [-0.05, 0) is 62.0 Å². The van der Waals surface area contributed by atoms with E-state index in [-0.39, 0.29) is 36.5 Å². The van der Waals surface area contributed by atoms with Gasteiger partial charge >= 0.3 is 5.97 Å². The van der Waals surface area contributed by atoms with E-state index >= 15 is 0 Å². The lowest BCUT2D eigenvalue weighted by Crippen LogP contribution is -2.45. The average molecular weight is 540 g/mol. The van der Waals surface area contributed by atoms with Crippen molar-refractivity contribution in [3.8, 4) is 0 Å². The standard InChI is InChI=1S/C25H27ClFN3O3S.ClH/c26-22-5-4-17(34-22)13-30-21-14-29(11-8-18(21)19-2-1-3-20(27)25(19)30)23(31)15-28-9-6-16(7-10-28)12-24(32)33;/h1-5,16H,6-15H2,(H,32,33);1H. The molecular weight excluding hydrogens is 512 g/mol. The molecular formula is C25H28Cl2FN3O3S. The number of nitrogens with zero attached hydrogens (tertiary/aromatic N) is 3. The van der Waals surface area contributed by atoms with Crippen molar-refractivity contribution in [2.75, 3.05) is 26.2 Å². The smallest absolute Gasteiger partial charge is 0.303 e. The Kier molecular flexibility index (Phi) is 8.06. The van der Waals surface area contributed by atoms with Gasteiger partial charge in [-0.2, -0.15) is 0 Å². The normalized spacial score (nSPS) is 16.8. The lowest BCUT2D eigenvalue weighted by atomic mass is 9.93. The van der Waals surface area contributed by atoms with E-state index < -0.39 is 5.97 Å². The number of carboxylic acids is 1. The number of hydrogen-bond donors (Lipinski definition) is 1. The number of para-hydroxylation sites is 1. The third-order valence-corrected chi connectivity index (χ3v) is 8.27. The maximum absolute atomic E-state index is 14.9. The van der Waals surface area contributed by atoms with Crippen molar-refractivity contribution in [2.45, 2.75) is 38.8 Å². The first kappa shape index (κ1) is 25.9. The summed E-state index contributed by atoms with van der Waals surface area (Å²) in [7, 11) is 0. The van der Waals surface area contributed by atoms with Crippen LogP contribution in [-0.4, -0.2) is 57.5 Å². The average Bonchev–Trinajstić information content (AvgIpc) is 3.36. The Morgan fingerprint density at radius 1 is 1.14 bits per heavy atom. The fourth-order valence-corrected chi connectivity index (χ4v) is 6.40. The molecule has 1 amide bonds. The lowest BCUT2D eigenvalue weighted by molar-refractivity contribution is -0.139. The van der Waals surface area contributed by atoms with Crippen molar-refractivity contribution >= 4 is 58.1 Å². The molecule has 10 heteroatoms. The van der Waals surface area contributed by atoms with Gasteiger partial charge in [0.15, 0.2) is 0 Å². The molecule has 3 aromatic rings. The number of piperidine rings is 1. The number of aromatic nitrogens is 1. The summed E-state index contributed by atoms with van der Waals surface area (Å²) in [5, 5.41) is 9.93. The van der Waals surface area contributed by atoms with Crippen LogP contribution >= 0.6 is 35.3 Å². The summed E-state index contributed by atoms with van der Waals surface area (Å²) < 4.78 is 17.7. The van der Waals surface area contributed by atoms with E-state index in [2.05, 4.69) is 4.90 Å². The minimum absolute atomic E-state index is 0. The predicted molar refractivity (Wildman–Crippen MR) is 138 cm³/mol. The van der Waals surface area contributed by atoms with E-state index in [0.717, 1.165) is 47.5 Å². The van der Waals surface area contributed by atoms with Crippen LogP contribution in [0.25, 0.3) is 10.9 Å². The maximum Gasteiger partial charge on any atom is 0.303 e.